The van der Waals surface area contributed by atoms with Gasteiger partial charge in [0, 0.05) is 7.11 Å². The van der Waals surface area contributed by atoms with Crippen molar-refractivity contribution in [2.75, 3.05) is 7.11 Å². The molecule has 1 rings (SSSR count). The lowest BCUT2D eigenvalue weighted by Gasteiger charge is -2.38. The summed E-state index contributed by atoms with van der Waals surface area (Å²) in [6, 6.07) is 0. The number of rotatable bonds is 1. The molecule has 0 bridgehead atoms. The second kappa shape index (κ2) is 3.68. The molecule has 1 aliphatic heterocycles. The zero-order chi connectivity index (χ0) is 9.30. The molecule has 0 saturated carbocycles. The standard InChI is InChI=1S/C7H14O5/c1-3-4(8)5(9)6(10)7(11-2)12-3/h3-10H,1-2H3/t3-,4+,5+,6+,7-/m1/s1. The van der Waals surface area contributed by atoms with Gasteiger partial charge in [-0.15, -0.1) is 0 Å². The first kappa shape index (κ1) is 9.88. The van der Waals surface area contributed by atoms with Crippen molar-refractivity contribution in [3.63, 3.8) is 0 Å². The molecule has 0 aromatic heterocycles. The van der Waals surface area contributed by atoms with Crippen molar-refractivity contribution in [1.82, 2.24) is 0 Å². The molecule has 1 heterocycles. The van der Waals surface area contributed by atoms with Gasteiger partial charge in [0.05, 0.1) is 6.10 Å². The molecular weight excluding hydrogens is 164 g/mol. The van der Waals surface area contributed by atoms with E-state index in [0.717, 1.165) is 0 Å². The van der Waals surface area contributed by atoms with Crippen LogP contribution < -0.4 is 0 Å². The molecule has 1 aliphatic rings. The van der Waals surface area contributed by atoms with Crippen LogP contribution in [-0.4, -0.2) is 53.1 Å². The summed E-state index contributed by atoms with van der Waals surface area (Å²) in [7, 11) is 1.37. The topological polar surface area (TPSA) is 79.2 Å². The molecule has 5 heteroatoms. The Kier molecular flexibility index (Phi) is 3.03. The van der Waals surface area contributed by atoms with E-state index in [1.165, 1.54) is 7.11 Å². The summed E-state index contributed by atoms with van der Waals surface area (Å²) in [5.74, 6) is 0. The highest BCUT2D eigenvalue weighted by molar-refractivity contribution is 4.86. The number of ether oxygens (including phenoxy) is 2. The Morgan fingerprint density at radius 2 is 1.67 bits per heavy atom. The monoisotopic (exact) mass is 178 g/mol. The predicted octanol–water partition coefficient (Wildman–Crippen LogP) is -1.54. The van der Waals surface area contributed by atoms with E-state index in [-0.39, 0.29) is 0 Å². The van der Waals surface area contributed by atoms with Crippen molar-refractivity contribution in [3.05, 3.63) is 0 Å². The van der Waals surface area contributed by atoms with Gasteiger partial charge in [0.25, 0.3) is 0 Å². The Morgan fingerprint density at radius 1 is 1.08 bits per heavy atom. The SMILES string of the molecule is CO[C@@H]1O[C@H](C)[C@H](O)[C@H](O)[C@@H]1O. The van der Waals surface area contributed by atoms with Crippen LogP contribution >= 0.6 is 0 Å². The van der Waals surface area contributed by atoms with Gasteiger partial charge in [-0.1, -0.05) is 0 Å². The molecule has 5 atom stereocenters. The average Bonchev–Trinajstić information content (AvgIpc) is 2.08. The summed E-state index contributed by atoms with van der Waals surface area (Å²) in [6.07, 6.45) is -4.86. The highest BCUT2D eigenvalue weighted by Gasteiger charge is 2.41. The summed E-state index contributed by atoms with van der Waals surface area (Å²) >= 11 is 0. The molecule has 12 heavy (non-hydrogen) atoms. The van der Waals surface area contributed by atoms with Crippen molar-refractivity contribution in [2.24, 2.45) is 0 Å². The number of hydrogen-bond donors (Lipinski definition) is 3. The van der Waals surface area contributed by atoms with Gasteiger partial charge in [0.2, 0.25) is 0 Å². The van der Waals surface area contributed by atoms with Crippen molar-refractivity contribution in [3.8, 4) is 0 Å². The van der Waals surface area contributed by atoms with Gasteiger partial charge in [-0.3, -0.25) is 0 Å². The summed E-state index contributed by atoms with van der Waals surface area (Å²) in [5.41, 5.74) is 0. The molecule has 0 aliphatic carbocycles. The Bertz CT molecular complexity index is 146. The summed E-state index contributed by atoms with van der Waals surface area (Å²) in [5, 5.41) is 27.8. The lowest BCUT2D eigenvalue weighted by molar-refractivity contribution is -0.286. The van der Waals surface area contributed by atoms with E-state index in [4.69, 9.17) is 9.47 Å². The quantitative estimate of drug-likeness (QED) is 0.453. The zero-order valence-corrected chi connectivity index (χ0v) is 7.04. The first-order valence-electron chi connectivity index (χ1n) is 3.80. The van der Waals surface area contributed by atoms with Crippen molar-refractivity contribution >= 4 is 0 Å². The van der Waals surface area contributed by atoms with Gasteiger partial charge in [-0.2, -0.15) is 0 Å². The molecular formula is C7H14O5. The molecule has 1 saturated heterocycles. The van der Waals surface area contributed by atoms with Crippen molar-refractivity contribution in [1.29, 1.82) is 0 Å². The summed E-state index contributed by atoms with van der Waals surface area (Å²) < 4.78 is 9.80. The lowest BCUT2D eigenvalue weighted by Crippen LogP contribution is -2.57. The van der Waals surface area contributed by atoms with Crippen LogP contribution in [-0.2, 0) is 9.47 Å². The molecule has 0 amide bonds. The van der Waals surface area contributed by atoms with Crippen LogP contribution in [0.2, 0.25) is 0 Å². The van der Waals surface area contributed by atoms with Crippen LogP contribution in [0.5, 0.6) is 0 Å². The van der Waals surface area contributed by atoms with Gasteiger partial charge in [0.1, 0.15) is 18.3 Å². The van der Waals surface area contributed by atoms with Gasteiger partial charge in [-0.25, -0.2) is 0 Å². The van der Waals surface area contributed by atoms with Crippen molar-refractivity contribution in [2.45, 2.75) is 37.6 Å². The maximum Gasteiger partial charge on any atom is 0.186 e. The van der Waals surface area contributed by atoms with Gasteiger partial charge >= 0.3 is 0 Å². The number of aliphatic hydroxyl groups excluding tert-OH is 3. The number of hydrogen-bond acceptors (Lipinski definition) is 5. The number of methoxy groups -OCH3 is 1. The van der Waals surface area contributed by atoms with E-state index in [0.29, 0.717) is 0 Å². The van der Waals surface area contributed by atoms with Crippen LogP contribution in [0, 0.1) is 0 Å². The smallest absolute Gasteiger partial charge is 0.186 e. The Hall–Kier alpha value is -0.200. The Labute approximate surface area is 70.5 Å². The molecule has 0 aromatic carbocycles. The number of aliphatic hydroxyl groups is 3. The van der Waals surface area contributed by atoms with Crippen LogP contribution in [0.25, 0.3) is 0 Å². The summed E-state index contributed by atoms with van der Waals surface area (Å²) in [4.78, 5) is 0. The molecule has 0 radical (unpaired) electrons. The van der Waals surface area contributed by atoms with Crippen LogP contribution in [0.4, 0.5) is 0 Å². The Balaban J connectivity index is 2.63. The fraction of sp³-hybridized carbons (Fsp3) is 1.00. The van der Waals surface area contributed by atoms with E-state index >= 15 is 0 Å². The lowest BCUT2D eigenvalue weighted by atomic mass is 10.0. The largest absolute Gasteiger partial charge is 0.388 e. The molecule has 1 fully saturated rings. The maximum atomic E-state index is 9.27. The maximum absolute atomic E-state index is 9.27. The fourth-order valence-electron chi connectivity index (χ4n) is 1.21. The van der Waals surface area contributed by atoms with E-state index < -0.39 is 30.7 Å². The minimum absolute atomic E-state index is 0.534. The molecule has 0 spiro atoms. The minimum atomic E-state index is -1.21. The van der Waals surface area contributed by atoms with E-state index in [1.54, 1.807) is 6.92 Å². The highest BCUT2D eigenvalue weighted by atomic mass is 16.7. The normalized spacial score (nSPS) is 49.2. The molecule has 72 valence electrons. The Morgan fingerprint density at radius 3 is 2.17 bits per heavy atom. The minimum Gasteiger partial charge on any atom is -0.388 e. The van der Waals surface area contributed by atoms with Crippen LogP contribution in [0.1, 0.15) is 6.92 Å². The van der Waals surface area contributed by atoms with Crippen LogP contribution in [0.3, 0.4) is 0 Å². The fourth-order valence-corrected chi connectivity index (χ4v) is 1.21. The molecule has 0 aromatic rings. The highest BCUT2D eigenvalue weighted by Crippen LogP contribution is 2.20. The summed E-state index contributed by atoms with van der Waals surface area (Å²) in [6.45, 7) is 1.60. The van der Waals surface area contributed by atoms with Gasteiger partial charge < -0.3 is 24.8 Å². The third-order valence-electron chi connectivity index (χ3n) is 2.04. The third-order valence-corrected chi connectivity index (χ3v) is 2.04. The average molecular weight is 178 g/mol. The van der Waals surface area contributed by atoms with Gasteiger partial charge in [-0.05, 0) is 6.92 Å². The first-order valence-corrected chi connectivity index (χ1v) is 3.80. The van der Waals surface area contributed by atoms with Crippen molar-refractivity contribution < 1.29 is 24.8 Å². The molecule has 5 nitrogen and oxygen atoms in total. The van der Waals surface area contributed by atoms with E-state index in [9.17, 15) is 15.3 Å². The van der Waals surface area contributed by atoms with Gasteiger partial charge in [0.15, 0.2) is 6.29 Å². The van der Waals surface area contributed by atoms with E-state index in [1.807, 2.05) is 0 Å². The molecule has 3 N–H and O–H groups in total. The van der Waals surface area contributed by atoms with Crippen LogP contribution in [0.15, 0.2) is 0 Å². The van der Waals surface area contributed by atoms with E-state index in [2.05, 4.69) is 0 Å². The first-order chi connectivity index (χ1) is 5.57. The molecule has 0 unspecified atom stereocenters. The third kappa shape index (κ3) is 1.60. The predicted molar refractivity (Wildman–Crippen MR) is 39.4 cm³/mol. The second-order valence-electron chi connectivity index (χ2n) is 2.92. The zero-order valence-electron chi connectivity index (χ0n) is 7.04. The second-order valence-corrected chi connectivity index (χ2v) is 2.92.